The Morgan fingerprint density at radius 1 is 0.883 bits per heavy atom. The van der Waals surface area contributed by atoms with Gasteiger partial charge in [-0.15, -0.1) is 0 Å². The molecule has 0 saturated carbocycles. The molecule has 3 heterocycles. The second kappa shape index (κ2) is 20.3. The van der Waals surface area contributed by atoms with Gasteiger partial charge in [0.15, 0.2) is 0 Å². The quantitative estimate of drug-likeness (QED) is 0.0847. The van der Waals surface area contributed by atoms with E-state index in [1.54, 1.807) is 4.90 Å². The fourth-order valence-electron chi connectivity index (χ4n) is 6.10. The molecule has 25 heteroatoms. The van der Waals surface area contributed by atoms with Gasteiger partial charge in [-0.25, -0.2) is 18.5 Å². The lowest BCUT2D eigenvalue weighted by atomic mass is 10.0. The van der Waals surface area contributed by atoms with Crippen LogP contribution in [0.2, 0.25) is 0 Å². The van der Waals surface area contributed by atoms with Crippen molar-refractivity contribution < 1.29 is 70.6 Å². The number of aromatic nitrogens is 2. The van der Waals surface area contributed by atoms with Crippen LogP contribution in [0.1, 0.15) is 60.6 Å². The van der Waals surface area contributed by atoms with Crippen LogP contribution in [0.25, 0.3) is 18.2 Å². The first-order chi connectivity index (χ1) is 28.3. The Kier molecular flexibility index (Phi) is 15.7. The summed E-state index contributed by atoms with van der Waals surface area (Å²) in [4.78, 5) is 103. The first-order valence-corrected chi connectivity index (χ1v) is 22.6. The number of carbonyl (C=O) groups is 3. The lowest BCUT2D eigenvalue weighted by Gasteiger charge is -2.27. The maximum atomic E-state index is 13.4. The first-order valence-electron chi connectivity index (χ1n) is 18.1. The van der Waals surface area contributed by atoms with Gasteiger partial charge in [-0.05, 0) is 29.2 Å². The van der Waals surface area contributed by atoms with E-state index in [2.05, 4.69) is 28.8 Å². The minimum Gasteiger partial charge on any atom is -0.390 e. The normalized spacial score (nSPS) is 20.2. The van der Waals surface area contributed by atoms with Gasteiger partial charge in [0.1, 0.15) is 12.3 Å². The van der Waals surface area contributed by atoms with Crippen LogP contribution in [0.5, 0.6) is 0 Å². The summed E-state index contributed by atoms with van der Waals surface area (Å²) < 4.78 is 52.5. The molecule has 3 aromatic rings. The molecule has 0 spiro atoms. The molecule has 1 saturated heterocycles. The SMILES string of the molecule is O=C(CCCC(=O)NCCC(=O)N1Cc2ccccc2/C=C\c2ccccc21)NC/C=C/c1cn([C@H]2C[C@H](O)[C@@H](COP(=O)(O)OP(=O)(O)OP(=O)(O)O)O2)c(=O)[nH]c1=O. The van der Waals surface area contributed by atoms with E-state index in [4.69, 9.17) is 14.5 Å². The Hall–Kier alpha value is -4.66. The summed E-state index contributed by atoms with van der Waals surface area (Å²) in [6, 6.07) is 15.4. The first kappa shape index (κ1) is 46.4. The van der Waals surface area contributed by atoms with E-state index in [0.29, 0.717) is 6.54 Å². The van der Waals surface area contributed by atoms with Crippen molar-refractivity contribution in [2.24, 2.45) is 0 Å². The molecule has 60 heavy (non-hydrogen) atoms. The van der Waals surface area contributed by atoms with E-state index >= 15 is 0 Å². The molecule has 2 aromatic carbocycles. The smallest absolute Gasteiger partial charge is 0.390 e. The van der Waals surface area contributed by atoms with Crippen LogP contribution in [0, 0.1) is 0 Å². The number of amides is 3. The van der Waals surface area contributed by atoms with Gasteiger partial charge in [-0.3, -0.25) is 33.3 Å². The highest BCUT2D eigenvalue weighted by atomic mass is 31.3. The molecule has 5 rings (SSSR count). The Morgan fingerprint density at radius 2 is 1.55 bits per heavy atom. The van der Waals surface area contributed by atoms with Gasteiger partial charge >= 0.3 is 29.2 Å². The summed E-state index contributed by atoms with van der Waals surface area (Å²) in [5.41, 5.74) is 1.85. The summed E-state index contributed by atoms with van der Waals surface area (Å²) in [7, 11) is -16.9. The number of carbonyl (C=O) groups excluding carboxylic acids is 3. The van der Waals surface area contributed by atoms with Crippen molar-refractivity contribution in [3.05, 3.63) is 104 Å². The molecule has 0 aliphatic carbocycles. The van der Waals surface area contributed by atoms with E-state index in [-0.39, 0.29) is 68.5 Å². The van der Waals surface area contributed by atoms with E-state index in [1.165, 1.54) is 12.2 Å². The number of benzene rings is 2. The summed E-state index contributed by atoms with van der Waals surface area (Å²) in [5.74, 6) is -0.869. The van der Waals surface area contributed by atoms with Gasteiger partial charge in [0.05, 0.1) is 30.5 Å². The Labute approximate surface area is 340 Å². The molecule has 0 radical (unpaired) electrons. The number of ether oxygens (including phenoxy) is 1. The molecular formula is C35H42N5O17P3. The van der Waals surface area contributed by atoms with Crippen molar-refractivity contribution in [1.82, 2.24) is 20.2 Å². The molecule has 1 aromatic heterocycles. The fraction of sp³-hybridized carbons (Fsp3) is 0.343. The van der Waals surface area contributed by atoms with Crippen molar-refractivity contribution in [3.8, 4) is 0 Å². The molecule has 8 N–H and O–H groups in total. The van der Waals surface area contributed by atoms with E-state index in [9.17, 15) is 52.6 Å². The largest absolute Gasteiger partial charge is 0.490 e. The van der Waals surface area contributed by atoms with E-state index in [1.807, 2.05) is 60.7 Å². The van der Waals surface area contributed by atoms with E-state index < -0.39 is 59.8 Å². The minimum atomic E-state index is -5.78. The zero-order valence-electron chi connectivity index (χ0n) is 31.5. The number of nitrogens with zero attached hydrogens (tertiary/aromatic N) is 2. The van der Waals surface area contributed by atoms with Crippen molar-refractivity contribution >= 4 is 65.1 Å². The molecule has 3 amide bonds. The average molecular weight is 898 g/mol. The maximum Gasteiger partial charge on any atom is 0.490 e. The topological polar surface area (TPSA) is 323 Å². The molecule has 0 bridgehead atoms. The Bertz CT molecular complexity index is 2400. The summed E-state index contributed by atoms with van der Waals surface area (Å²) in [6.45, 7) is -0.519. The van der Waals surface area contributed by atoms with Crippen molar-refractivity contribution in [2.45, 2.75) is 57.1 Å². The number of phosphoric ester groups is 1. The maximum absolute atomic E-state index is 13.4. The highest BCUT2D eigenvalue weighted by Gasteiger charge is 2.43. The number of para-hydroxylation sites is 1. The third kappa shape index (κ3) is 13.7. The lowest BCUT2D eigenvalue weighted by molar-refractivity contribution is -0.122. The number of aliphatic hydroxyl groups excluding tert-OH is 1. The molecule has 22 nitrogen and oxygen atoms in total. The molecule has 5 atom stereocenters. The van der Waals surface area contributed by atoms with Gasteiger partial charge in [0.2, 0.25) is 17.7 Å². The summed E-state index contributed by atoms with van der Waals surface area (Å²) in [6.07, 6.45) is 3.70. The number of H-pyrrole nitrogens is 1. The van der Waals surface area contributed by atoms with Gasteiger partial charge in [0, 0.05) is 45.0 Å². The van der Waals surface area contributed by atoms with Crippen molar-refractivity contribution in [2.75, 3.05) is 24.6 Å². The number of aromatic amines is 1. The van der Waals surface area contributed by atoms with Crippen LogP contribution >= 0.6 is 23.5 Å². The monoisotopic (exact) mass is 897 g/mol. The second-order valence-corrected chi connectivity index (χ2v) is 17.7. The van der Waals surface area contributed by atoms with Gasteiger partial charge < -0.3 is 45.0 Å². The average Bonchev–Trinajstić information content (AvgIpc) is 3.52. The molecule has 2 unspecified atom stereocenters. The van der Waals surface area contributed by atoms with Gasteiger partial charge in [-0.1, -0.05) is 66.8 Å². The van der Waals surface area contributed by atoms with Crippen LogP contribution in [-0.4, -0.2) is 83.9 Å². The van der Waals surface area contributed by atoms with Crippen LogP contribution in [0.15, 0.2) is 70.4 Å². The molecule has 324 valence electrons. The van der Waals surface area contributed by atoms with E-state index in [0.717, 1.165) is 33.1 Å². The van der Waals surface area contributed by atoms with Crippen LogP contribution in [-0.2, 0) is 52.5 Å². The lowest BCUT2D eigenvalue weighted by Crippen LogP contribution is -2.35. The van der Waals surface area contributed by atoms with Crippen LogP contribution in [0.4, 0.5) is 5.69 Å². The minimum absolute atomic E-state index is 0.00766. The van der Waals surface area contributed by atoms with Gasteiger partial charge in [-0.2, -0.15) is 8.62 Å². The summed E-state index contributed by atoms with van der Waals surface area (Å²) in [5, 5.41) is 15.7. The standard InChI is InChI=1S/C35H42N5O17P3/c41-28-19-33(55-29(28)22-54-59(50,51)57-60(52,53)56-58(47,48)49)40-21-26(34(45)38-35(40)46)10-6-17-36-30(42)12-5-13-31(43)37-18-16-32(44)39-20-25-9-2-1-7-23(25)14-15-24-8-3-4-11-27(24)39/h1-4,6-11,14-15,21,28-29,33,41H,5,12-13,16-20,22H2,(H,36,42)(H,37,43)(H,50,51)(H,52,53)(H,38,45,46)(H2,47,48,49)/b10-6+,15-14-/t28-,29+,33+/m0/s1. The molecular weight excluding hydrogens is 855 g/mol. The predicted octanol–water partition coefficient (Wildman–Crippen LogP) is 2.05. The number of fused-ring (bicyclic) bond motifs is 2. The Balaban J connectivity index is 1.03. The zero-order valence-corrected chi connectivity index (χ0v) is 34.2. The summed E-state index contributed by atoms with van der Waals surface area (Å²) >= 11 is 0. The highest BCUT2D eigenvalue weighted by molar-refractivity contribution is 7.66. The second-order valence-electron chi connectivity index (χ2n) is 13.3. The number of aliphatic hydroxyl groups is 1. The third-order valence-corrected chi connectivity index (χ3v) is 12.7. The number of phosphoric acid groups is 3. The number of nitrogens with one attached hydrogen (secondary N) is 3. The van der Waals surface area contributed by atoms with Crippen LogP contribution in [0.3, 0.4) is 0 Å². The zero-order chi connectivity index (χ0) is 43.7. The molecule has 1 fully saturated rings. The van der Waals surface area contributed by atoms with Crippen LogP contribution < -0.4 is 26.8 Å². The molecule has 2 aliphatic rings. The van der Waals surface area contributed by atoms with Crippen molar-refractivity contribution in [3.63, 3.8) is 0 Å². The highest BCUT2D eigenvalue weighted by Crippen LogP contribution is 2.66. The third-order valence-electron chi connectivity index (χ3n) is 8.87. The predicted molar refractivity (Wildman–Crippen MR) is 212 cm³/mol. The number of hydrogen-bond acceptors (Lipinski definition) is 13. The number of anilines is 1. The van der Waals surface area contributed by atoms with Crippen molar-refractivity contribution in [1.29, 1.82) is 0 Å². The molecule has 2 aliphatic heterocycles. The number of rotatable bonds is 18. The Morgan fingerprint density at radius 3 is 2.28 bits per heavy atom. The van der Waals surface area contributed by atoms with Gasteiger partial charge in [0.25, 0.3) is 5.56 Å². The fourth-order valence-corrected chi connectivity index (χ4v) is 9.13. The number of hydrogen-bond donors (Lipinski definition) is 8.